The largest absolute Gasteiger partial charge is 0.474 e. The number of ether oxygens (including phenoxy) is 1. The van der Waals surface area contributed by atoms with E-state index in [0.717, 1.165) is 0 Å². The normalized spacial score (nSPS) is 9.90. The summed E-state index contributed by atoms with van der Waals surface area (Å²) in [7, 11) is 0. The van der Waals surface area contributed by atoms with Crippen molar-refractivity contribution in [3.8, 4) is 5.88 Å². The average molecular weight is 139 g/mol. The predicted molar refractivity (Wildman–Crippen MR) is 35.6 cm³/mol. The van der Waals surface area contributed by atoms with Crippen molar-refractivity contribution in [2.75, 3.05) is 0 Å². The van der Waals surface area contributed by atoms with Gasteiger partial charge < -0.3 is 4.74 Å². The van der Waals surface area contributed by atoms with Gasteiger partial charge in [-0.3, -0.25) is 0 Å². The maximum atomic E-state index is 5.20. The quantitative estimate of drug-likeness (QED) is 0.603. The molecule has 1 aromatic rings. The molecular formula is C6H9N3O. The van der Waals surface area contributed by atoms with Gasteiger partial charge in [-0.1, -0.05) is 5.10 Å². The van der Waals surface area contributed by atoms with Crippen LogP contribution in [0.25, 0.3) is 0 Å². The summed E-state index contributed by atoms with van der Waals surface area (Å²) in [5, 5.41) is 10.6. The van der Waals surface area contributed by atoms with Crippen molar-refractivity contribution in [3.63, 3.8) is 0 Å². The number of hydrogen-bond acceptors (Lipinski definition) is 4. The Kier molecular flexibility index (Phi) is 2.15. The molecule has 54 valence electrons. The molecule has 0 atom stereocenters. The van der Waals surface area contributed by atoms with Crippen LogP contribution in [0.5, 0.6) is 5.88 Å². The molecule has 0 saturated carbocycles. The Morgan fingerprint density at radius 2 is 2.30 bits per heavy atom. The molecule has 0 N–H and O–H groups in total. The van der Waals surface area contributed by atoms with Crippen LogP contribution in [0, 0.1) is 0 Å². The third-order valence-corrected chi connectivity index (χ3v) is 0.835. The lowest BCUT2D eigenvalue weighted by Gasteiger charge is -2.05. The lowest BCUT2D eigenvalue weighted by Crippen LogP contribution is -2.07. The second kappa shape index (κ2) is 3.10. The maximum absolute atomic E-state index is 5.20. The molecule has 0 bridgehead atoms. The van der Waals surface area contributed by atoms with Crippen molar-refractivity contribution < 1.29 is 4.74 Å². The highest BCUT2D eigenvalue weighted by atomic mass is 16.5. The molecule has 0 aliphatic rings. The highest BCUT2D eigenvalue weighted by molar-refractivity contribution is 5.02. The monoisotopic (exact) mass is 139 g/mol. The van der Waals surface area contributed by atoms with Gasteiger partial charge in [-0.2, -0.15) is 0 Å². The van der Waals surface area contributed by atoms with E-state index in [1.54, 1.807) is 12.3 Å². The molecule has 0 aromatic carbocycles. The SMILES string of the molecule is CC(C)Oc1ccnnn1. The van der Waals surface area contributed by atoms with Crippen LogP contribution in [0.2, 0.25) is 0 Å². The Bertz CT molecular complexity index is 187. The van der Waals surface area contributed by atoms with Crippen LogP contribution < -0.4 is 4.74 Å². The topological polar surface area (TPSA) is 47.9 Å². The minimum absolute atomic E-state index is 0.136. The Balaban J connectivity index is 2.59. The molecule has 1 aromatic heterocycles. The van der Waals surface area contributed by atoms with E-state index in [1.165, 1.54) is 0 Å². The summed E-state index contributed by atoms with van der Waals surface area (Å²) in [6, 6.07) is 1.67. The molecule has 10 heavy (non-hydrogen) atoms. The molecule has 0 amide bonds. The molecule has 4 heteroatoms. The van der Waals surface area contributed by atoms with E-state index in [1.807, 2.05) is 13.8 Å². The minimum Gasteiger partial charge on any atom is -0.474 e. The van der Waals surface area contributed by atoms with Gasteiger partial charge in [0.25, 0.3) is 0 Å². The number of hydrogen-bond donors (Lipinski definition) is 0. The Hall–Kier alpha value is -1.19. The molecule has 0 spiro atoms. The lowest BCUT2D eigenvalue weighted by atomic mass is 10.5. The van der Waals surface area contributed by atoms with Gasteiger partial charge in [0.1, 0.15) is 0 Å². The summed E-state index contributed by atoms with van der Waals surface area (Å²) in [5.41, 5.74) is 0. The second-order valence-corrected chi connectivity index (χ2v) is 2.13. The molecule has 4 nitrogen and oxygen atoms in total. The zero-order valence-corrected chi connectivity index (χ0v) is 5.98. The zero-order valence-electron chi connectivity index (χ0n) is 5.98. The van der Waals surface area contributed by atoms with Gasteiger partial charge in [0.2, 0.25) is 5.88 Å². The van der Waals surface area contributed by atoms with E-state index in [0.29, 0.717) is 5.88 Å². The van der Waals surface area contributed by atoms with E-state index in [-0.39, 0.29) is 6.10 Å². The maximum Gasteiger partial charge on any atom is 0.237 e. The van der Waals surface area contributed by atoms with Gasteiger partial charge in [0.15, 0.2) is 0 Å². The van der Waals surface area contributed by atoms with E-state index in [4.69, 9.17) is 4.74 Å². The van der Waals surface area contributed by atoms with Crippen LogP contribution in [-0.2, 0) is 0 Å². The van der Waals surface area contributed by atoms with Crippen LogP contribution >= 0.6 is 0 Å². The van der Waals surface area contributed by atoms with Crippen molar-refractivity contribution in [3.05, 3.63) is 12.3 Å². The summed E-state index contributed by atoms with van der Waals surface area (Å²) < 4.78 is 5.20. The third-order valence-electron chi connectivity index (χ3n) is 0.835. The molecule has 1 heterocycles. The summed E-state index contributed by atoms with van der Waals surface area (Å²) in [6.07, 6.45) is 1.68. The van der Waals surface area contributed by atoms with E-state index in [2.05, 4.69) is 15.4 Å². The zero-order chi connectivity index (χ0) is 7.40. The summed E-state index contributed by atoms with van der Waals surface area (Å²) in [6.45, 7) is 3.87. The van der Waals surface area contributed by atoms with Crippen LogP contribution in [0.15, 0.2) is 12.3 Å². The van der Waals surface area contributed by atoms with Crippen LogP contribution in [0.4, 0.5) is 0 Å². The van der Waals surface area contributed by atoms with Crippen LogP contribution in [0.3, 0.4) is 0 Å². The molecule has 0 aliphatic carbocycles. The van der Waals surface area contributed by atoms with Gasteiger partial charge in [0, 0.05) is 6.07 Å². The fourth-order valence-corrected chi connectivity index (χ4v) is 0.534. The first kappa shape index (κ1) is 6.92. The molecule has 0 aliphatic heterocycles. The first-order valence-corrected chi connectivity index (χ1v) is 3.10. The standard InChI is InChI=1S/C6H9N3O/c1-5(2)10-6-3-4-7-9-8-6/h3-5H,1-2H3. The third kappa shape index (κ3) is 1.97. The highest BCUT2D eigenvalue weighted by Gasteiger charge is 1.96. The summed E-state index contributed by atoms with van der Waals surface area (Å²) in [5.74, 6) is 0.519. The lowest BCUT2D eigenvalue weighted by molar-refractivity contribution is 0.229. The van der Waals surface area contributed by atoms with Crippen molar-refractivity contribution in [2.24, 2.45) is 0 Å². The Labute approximate surface area is 59.2 Å². The second-order valence-electron chi connectivity index (χ2n) is 2.13. The number of nitrogens with zero attached hydrogens (tertiary/aromatic N) is 3. The fraction of sp³-hybridized carbons (Fsp3) is 0.500. The van der Waals surface area contributed by atoms with E-state index < -0.39 is 0 Å². The van der Waals surface area contributed by atoms with Crippen molar-refractivity contribution >= 4 is 0 Å². The molecule has 0 fully saturated rings. The van der Waals surface area contributed by atoms with Gasteiger partial charge in [0.05, 0.1) is 12.3 Å². The highest BCUT2D eigenvalue weighted by Crippen LogP contribution is 2.02. The fourth-order valence-electron chi connectivity index (χ4n) is 0.534. The summed E-state index contributed by atoms with van der Waals surface area (Å²) >= 11 is 0. The first-order valence-electron chi connectivity index (χ1n) is 3.10. The molecular weight excluding hydrogens is 130 g/mol. The number of rotatable bonds is 2. The van der Waals surface area contributed by atoms with Crippen molar-refractivity contribution in [2.45, 2.75) is 20.0 Å². The summed E-state index contributed by atoms with van der Waals surface area (Å²) in [4.78, 5) is 0. The van der Waals surface area contributed by atoms with Crippen molar-refractivity contribution in [1.82, 2.24) is 15.4 Å². The molecule has 1 rings (SSSR count). The number of aromatic nitrogens is 3. The van der Waals surface area contributed by atoms with Gasteiger partial charge in [-0.15, -0.1) is 5.10 Å². The molecule has 0 saturated heterocycles. The molecule has 0 unspecified atom stereocenters. The first-order chi connectivity index (χ1) is 4.79. The Morgan fingerprint density at radius 1 is 1.50 bits per heavy atom. The Morgan fingerprint density at radius 3 is 2.80 bits per heavy atom. The van der Waals surface area contributed by atoms with Crippen LogP contribution in [0.1, 0.15) is 13.8 Å². The van der Waals surface area contributed by atoms with E-state index >= 15 is 0 Å². The van der Waals surface area contributed by atoms with Crippen molar-refractivity contribution in [1.29, 1.82) is 0 Å². The van der Waals surface area contributed by atoms with E-state index in [9.17, 15) is 0 Å². The smallest absolute Gasteiger partial charge is 0.237 e. The predicted octanol–water partition coefficient (Wildman–Crippen LogP) is 0.659. The minimum atomic E-state index is 0.136. The van der Waals surface area contributed by atoms with Crippen LogP contribution in [-0.4, -0.2) is 21.5 Å². The van der Waals surface area contributed by atoms with Gasteiger partial charge >= 0.3 is 0 Å². The van der Waals surface area contributed by atoms with Gasteiger partial charge in [-0.05, 0) is 19.1 Å². The average Bonchev–Trinajstić information content (AvgIpc) is 1.88. The van der Waals surface area contributed by atoms with Gasteiger partial charge in [-0.25, -0.2) is 0 Å². The molecule has 0 radical (unpaired) electrons.